The number of fused-ring (bicyclic) bond motifs is 1. The summed E-state index contributed by atoms with van der Waals surface area (Å²) in [6.07, 6.45) is 0.123. The van der Waals surface area contributed by atoms with Crippen molar-refractivity contribution in [3.63, 3.8) is 0 Å². The summed E-state index contributed by atoms with van der Waals surface area (Å²) in [5.74, 6) is 0.183. The first-order valence-electron chi connectivity index (χ1n) is 7.84. The maximum Gasteiger partial charge on any atom is 0.267 e. The molecule has 3 rings (SSSR count). The monoisotopic (exact) mass is 326 g/mol. The zero-order chi connectivity index (χ0) is 17.1. The lowest BCUT2D eigenvalue weighted by atomic mass is 10.2. The molecular formula is C19H19FN2O2. The first-order valence-corrected chi connectivity index (χ1v) is 7.84. The van der Waals surface area contributed by atoms with Crippen molar-refractivity contribution >= 4 is 16.8 Å². The standard InChI is InChI=1S/C19H19FN2O2/c1-12(2)24-14-8-6-13(7-9-14)11-21-19(23)18-10-15-16(20)4-3-5-17(15)22-18/h3-10,12,22H,11H2,1-2H3,(H,21,23). The van der Waals surface area contributed by atoms with E-state index in [2.05, 4.69) is 10.3 Å². The predicted molar refractivity (Wildman–Crippen MR) is 91.6 cm³/mol. The number of amides is 1. The Morgan fingerprint density at radius 3 is 2.62 bits per heavy atom. The topological polar surface area (TPSA) is 54.1 Å². The van der Waals surface area contributed by atoms with E-state index in [1.54, 1.807) is 12.1 Å². The molecule has 0 aliphatic heterocycles. The van der Waals surface area contributed by atoms with Gasteiger partial charge in [0.2, 0.25) is 0 Å². The lowest BCUT2D eigenvalue weighted by molar-refractivity contribution is 0.0947. The lowest BCUT2D eigenvalue weighted by Gasteiger charge is -2.10. The van der Waals surface area contributed by atoms with Crippen LogP contribution in [0.4, 0.5) is 4.39 Å². The third-order valence-electron chi connectivity index (χ3n) is 3.60. The molecule has 0 unspecified atom stereocenters. The van der Waals surface area contributed by atoms with Gasteiger partial charge in [-0.1, -0.05) is 18.2 Å². The van der Waals surface area contributed by atoms with E-state index in [-0.39, 0.29) is 17.8 Å². The molecule has 5 heteroatoms. The van der Waals surface area contributed by atoms with Crippen LogP contribution in [0.25, 0.3) is 10.9 Å². The lowest BCUT2D eigenvalue weighted by Crippen LogP contribution is -2.23. The Kier molecular flexibility index (Phi) is 4.51. The summed E-state index contributed by atoms with van der Waals surface area (Å²) in [5, 5.41) is 3.24. The van der Waals surface area contributed by atoms with Crippen molar-refractivity contribution in [3.8, 4) is 5.75 Å². The Morgan fingerprint density at radius 2 is 1.96 bits per heavy atom. The first-order chi connectivity index (χ1) is 11.5. The van der Waals surface area contributed by atoms with Crippen molar-refractivity contribution in [2.24, 2.45) is 0 Å². The number of ether oxygens (including phenoxy) is 1. The fourth-order valence-electron chi connectivity index (χ4n) is 2.48. The maximum atomic E-state index is 13.7. The molecule has 24 heavy (non-hydrogen) atoms. The molecule has 0 saturated carbocycles. The summed E-state index contributed by atoms with van der Waals surface area (Å²) in [6, 6.07) is 13.8. The number of H-pyrrole nitrogens is 1. The Morgan fingerprint density at radius 1 is 1.21 bits per heavy atom. The molecule has 0 saturated heterocycles. The summed E-state index contributed by atoms with van der Waals surface area (Å²) in [5.41, 5.74) is 1.91. The average molecular weight is 326 g/mol. The van der Waals surface area contributed by atoms with Crippen LogP contribution < -0.4 is 10.1 Å². The van der Waals surface area contributed by atoms with Gasteiger partial charge in [-0.25, -0.2) is 4.39 Å². The third-order valence-corrected chi connectivity index (χ3v) is 3.60. The van der Waals surface area contributed by atoms with Crippen molar-refractivity contribution in [3.05, 3.63) is 65.6 Å². The number of carbonyl (C=O) groups is 1. The van der Waals surface area contributed by atoms with Gasteiger partial charge >= 0.3 is 0 Å². The molecule has 0 fully saturated rings. The second-order valence-electron chi connectivity index (χ2n) is 5.88. The molecule has 0 aliphatic rings. The van der Waals surface area contributed by atoms with Crippen LogP contribution in [0, 0.1) is 5.82 Å². The van der Waals surface area contributed by atoms with Crippen LogP contribution >= 0.6 is 0 Å². The molecule has 0 spiro atoms. The summed E-state index contributed by atoms with van der Waals surface area (Å²) in [4.78, 5) is 15.2. The van der Waals surface area contributed by atoms with Gasteiger partial charge in [0.1, 0.15) is 17.3 Å². The van der Waals surface area contributed by atoms with Crippen molar-refractivity contribution in [1.29, 1.82) is 0 Å². The largest absolute Gasteiger partial charge is 0.491 e. The molecular weight excluding hydrogens is 307 g/mol. The van der Waals surface area contributed by atoms with Crippen LogP contribution in [0.15, 0.2) is 48.5 Å². The number of halogens is 1. The minimum absolute atomic E-state index is 0.123. The van der Waals surface area contributed by atoms with E-state index < -0.39 is 0 Å². The van der Waals surface area contributed by atoms with E-state index in [1.165, 1.54) is 12.1 Å². The van der Waals surface area contributed by atoms with Gasteiger partial charge in [-0.05, 0) is 49.7 Å². The smallest absolute Gasteiger partial charge is 0.267 e. The molecule has 2 N–H and O–H groups in total. The second kappa shape index (κ2) is 6.74. The first kappa shape index (κ1) is 16.1. The second-order valence-corrected chi connectivity index (χ2v) is 5.88. The molecule has 0 aliphatic carbocycles. The highest BCUT2D eigenvalue weighted by atomic mass is 19.1. The zero-order valence-electron chi connectivity index (χ0n) is 13.6. The number of benzene rings is 2. The van der Waals surface area contributed by atoms with Gasteiger partial charge in [0.05, 0.1) is 6.10 Å². The molecule has 1 aromatic heterocycles. The van der Waals surface area contributed by atoms with Gasteiger partial charge in [0.15, 0.2) is 0 Å². The average Bonchev–Trinajstić information content (AvgIpc) is 2.99. The molecule has 3 aromatic rings. The summed E-state index contributed by atoms with van der Waals surface area (Å²) < 4.78 is 19.3. The normalized spacial score (nSPS) is 11.0. The third kappa shape index (κ3) is 3.56. The van der Waals surface area contributed by atoms with E-state index in [9.17, 15) is 9.18 Å². The maximum absolute atomic E-state index is 13.7. The highest BCUT2D eigenvalue weighted by molar-refractivity contribution is 5.98. The summed E-state index contributed by atoms with van der Waals surface area (Å²) >= 11 is 0. The number of carbonyl (C=O) groups excluding carboxylic acids is 1. The number of nitrogens with one attached hydrogen (secondary N) is 2. The molecule has 2 aromatic carbocycles. The van der Waals surface area contributed by atoms with Crippen molar-refractivity contribution in [2.75, 3.05) is 0 Å². The Balaban J connectivity index is 1.65. The van der Waals surface area contributed by atoms with Gasteiger partial charge in [-0.3, -0.25) is 4.79 Å². The van der Waals surface area contributed by atoms with Crippen molar-refractivity contribution in [1.82, 2.24) is 10.3 Å². The number of aromatic amines is 1. The van der Waals surface area contributed by atoms with Gasteiger partial charge in [-0.2, -0.15) is 0 Å². The summed E-state index contributed by atoms with van der Waals surface area (Å²) in [7, 11) is 0. The molecule has 0 bridgehead atoms. The van der Waals surface area contributed by atoms with Crippen LogP contribution in [0.1, 0.15) is 29.9 Å². The quantitative estimate of drug-likeness (QED) is 0.744. The van der Waals surface area contributed by atoms with Gasteiger partial charge in [0.25, 0.3) is 5.91 Å². The van der Waals surface area contributed by atoms with Crippen molar-refractivity contribution in [2.45, 2.75) is 26.5 Å². The number of aromatic nitrogens is 1. The number of rotatable bonds is 5. The van der Waals surface area contributed by atoms with Crippen LogP contribution in [0.2, 0.25) is 0 Å². The van der Waals surface area contributed by atoms with Crippen LogP contribution in [-0.2, 0) is 6.54 Å². The van der Waals surface area contributed by atoms with Crippen LogP contribution in [0.3, 0.4) is 0 Å². The predicted octanol–water partition coefficient (Wildman–Crippen LogP) is 4.02. The minimum Gasteiger partial charge on any atom is -0.491 e. The van der Waals surface area contributed by atoms with E-state index in [1.807, 2.05) is 38.1 Å². The number of hydrogen-bond acceptors (Lipinski definition) is 2. The highest BCUT2D eigenvalue weighted by Gasteiger charge is 2.11. The zero-order valence-corrected chi connectivity index (χ0v) is 13.6. The number of hydrogen-bond donors (Lipinski definition) is 2. The Hall–Kier alpha value is -2.82. The fraction of sp³-hybridized carbons (Fsp3) is 0.211. The Labute approximate surface area is 139 Å². The highest BCUT2D eigenvalue weighted by Crippen LogP contribution is 2.19. The van der Waals surface area contributed by atoms with Crippen LogP contribution in [-0.4, -0.2) is 17.0 Å². The molecule has 1 amide bonds. The minimum atomic E-state index is -0.344. The van der Waals surface area contributed by atoms with Crippen LogP contribution in [0.5, 0.6) is 5.75 Å². The van der Waals surface area contributed by atoms with Crippen molar-refractivity contribution < 1.29 is 13.9 Å². The van der Waals surface area contributed by atoms with Gasteiger partial charge < -0.3 is 15.0 Å². The van der Waals surface area contributed by atoms with E-state index >= 15 is 0 Å². The molecule has 0 atom stereocenters. The van der Waals surface area contributed by atoms with Gasteiger partial charge in [-0.15, -0.1) is 0 Å². The Bertz CT molecular complexity index is 853. The van der Waals surface area contributed by atoms with E-state index in [0.29, 0.717) is 23.1 Å². The SMILES string of the molecule is CC(C)Oc1ccc(CNC(=O)c2cc3c(F)cccc3[nH]2)cc1. The fourth-order valence-corrected chi connectivity index (χ4v) is 2.48. The molecule has 4 nitrogen and oxygen atoms in total. The molecule has 0 radical (unpaired) electrons. The molecule has 124 valence electrons. The van der Waals surface area contributed by atoms with E-state index in [4.69, 9.17) is 4.74 Å². The van der Waals surface area contributed by atoms with E-state index in [0.717, 1.165) is 11.3 Å². The summed E-state index contributed by atoms with van der Waals surface area (Å²) in [6.45, 7) is 4.33. The molecule has 1 heterocycles. The van der Waals surface area contributed by atoms with Gasteiger partial charge in [0, 0.05) is 17.4 Å².